The number of nitrogens with one attached hydrogen (secondary N) is 1. The Balaban J connectivity index is 0. The van der Waals surface area contributed by atoms with Gasteiger partial charge in [0.25, 0.3) is 5.91 Å². The van der Waals surface area contributed by atoms with Crippen molar-refractivity contribution in [2.75, 3.05) is 19.8 Å². The Hall–Kier alpha value is -2.89. The van der Waals surface area contributed by atoms with Crippen molar-refractivity contribution in [2.45, 2.75) is 13.8 Å². The summed E-state index contributed by atoms with van der Waals surface area (Å²) < 4.78 is 9.20. The topological polar surface area (TPSA) is 219 Å². The van der Waals surface area contributed by atoms with E-state index in [1.54, 1.807) is 31.6 Å². The van der Waals surface area contributed by atoms with Crippen LogP contribution in [0.15, 0.2) is 33.1 Å². The smallest absolute Gasteiger partial charge is 0.375 e. The molecule has 188 valence electrons. The van der Waals surface area contributed by atoms with E-state index in [9.17, 15) is 14.4 Å². The van der Waals surface area contributed by atoms with Crippen LogP contribution >= 0.6 is 47.3 Å². The molecule has 3 heterocycles. The lowest BCUT2D eigenvalue weighted by Gasteiger charge is -1.96. The fourth-order valence-electron chi connectivity index (χ4n) is 1.74. The number of esters is 2. The number of nitrogen functional groups attached to an aromatic ring is 1. The lowest BCUT2D eigenvalue weighted by atomic mass is 10.4. The number of thiazole rings is 2. The van der Waals surface area contributed by atoms with E-state index >= 15 is 0 Å². The van der Waals surface area contributed by atoms with Crippen molar-refractivity contribution >= 4 is 81.7 Å². The molecule has 0 unspecified atom stereocenters. The third kappa shape index (κ3) is 11.8. The molecule has 2 aromatic heterocycles. The molecule has 1 aliphatic heterocycles. The first-order valence-corrected chi connectivity index (χ1v) is 11.1. The molecule has 0 aromatic carbocycles. The third-order valence-corrected chi connectivity index (χ3v) is 4.75. The van der Waals surface area contributed by atoms with Gasteiger partial charge in [0.1, 0.15) is 10.7 Å². The summed E-state index contributed by atoms with van der Waals surface area (Å²) in [6, 6.07) is 0. The SMILES string of the molecule is CCOC(=O)C(N)=S.CCOC(=O)C1=NCC(c2nccs2)=N1.Cl.N.NNC(=O)c1nccs1. The maximum Gasteiger partial charge on any atom is 0.375 e. The molecular weight excluding hydrogens is 528 g/mol. The van der Waals surface area contributed by atoms with Gasteiger partial charge in [-0.2, -0.15) is 0 Å². The minimum Gasteiger partial charge on any atom is -0.461 e. The summed E-state index contributed by atoms with van der Waals surface area (Å²) in [6.07, 6.45) is 3.25. The van der Waals surface area contributed by atoms with Gasteiger partial charge < -0.3 is 21.4 Å². The molecule has 0 saturated carbocycles. The highest BCUT2D eigenvalue weighted by atomic mass is 35.5. The van der Waals surface area contributed by atoms with Crippen molar-refractivity contribution in [3.8, 4) is 0 Å². The molecule has 1 aliphatic rings. The highest BCUT2D eigenvalue weighted by Gasteiger charge is 2.20. The number of aliphatic imine (C=N–C) groups is 2. The van der Waals surface area contributed by atoms with E-state index in [0.29, 0.717) is 24.8 Å². The lowest BCUT2D eigenvalue weighted by molar-refractivity contribution is -0.135. The number of aromatic nitrogens is 2. The summed E-state index contributed by atoms with van der Waals surface area (Å²) in [5.41, 5.74) is 7.58. The molecule has 1 amide bonds. The number of amides is 1. The van der Waals surface area contributed by atoms with Gasteiger partial charge in [-0.05, 0) is 13.8 Å². The van der Waals surface area contributed by atoms with Crippen LogP contribution in [-0.2, 0) is 19.1 Å². The van der Waals surface area contributed by atoms with Gasteiger partial charge in [0.2, 0.25) is 5.84 Å². The van der Waals surface area contributed by atoms with Gasteiger partial charge in [0, 0.05) is 23.2 Å². The number of rotatable bonds is 5. The molecule has 0 radical (unpaired) electrons. The number of hydrogen-bond acceptors (Lipinski definition) is 14. The fourth-order valence-corrected chi connectivity index (χ4v) is 2.95. The second-order valence-corrected chi connectivity index (χ2v) is 7.38. The van der Waals surface area contributed by atoms with Crippen LogP contribution in [0.1, 0.15) is 28.7 Å². The number of halogens is 1. The lowest BCUT2D eigenvalue weighted by Crippen LogP contribution is -2.29. The number of thiocarbonyl (C=S) groups is 1. The summed E-state index contributed by atoms with van der Waals surface area (Å²) in [7, 11) is 0. The van der Waals surface area contributed by atoms with Crippen molar-refractivity contribution < 1.29 is 23.9 Å². The average Bonchev–Trinajstić information content (AvgIpc) is 3.56. The molecule has 2 aromatic rings. The summed E-state index contributed by atoms with van der Waals surface area (Å²) >= 11 is 7.02. The number of nitrogens with two attached hydrogens (primary N) is 2. The quantitative estimate of drug-likeness (QED) is 0.135. The Morgan fingerprint density at radius 1 is 1.12 bits per heavy atom. The zero-order valence-electron chi connectivity index (χ0n) is 18.3. The monoisotopic (exact) mass is 552 g/mol. The number of nitrogens with zero attached hydrogens (tertiary/aromatic N) is 4. The largest absolute Gasteiger partial charge is 0.461 e. The summed E-state index contributed by atoms with van der Waals surface area (Å²) in [5, 5.41) is 4.76. The first kappa shape index (κ1) is 33.3. The summed E-state index contributed by atoms with van der Waals surface area (Å²) in [6.45, 7) is 4.49. The maximum absolute atomic E-state index is 11.3. The molecule has 3 rings (SSSR count). The van der Waals surface area contributed by atoms with E-state index in [1.165, 1.54) is 22.7 Å². The van der Waals surface area contributed by atoms with Gasteiger partial charge in [0.15, 0.2) is 10.00 Å². The maximum atomic E-state index is 11.3. The van der Waals surface area contributed by atoms with Gasteiger partial charge in [-0.3, -0.25) is 15.2 Å². The van der Waals surface area contributed by atoms with E-state index < -0.39 is 11.9 Å². The number of hydrogen-bond donors (Lipinski definition) is 4. The predicted octanol–water partition coefficient (Wildman–Crippen LogP) is 1.07. The van der Waals surface area contributed by atoms with Crippen LogP contribution in [0.25, 0.3) is 0 Å². The van der Waals surface area contributed by atoms with Crippen LogP contribution in [0.5, 0.6) is 0 Å². The highest BCUT2D eigenvalue weighted by Crippen LogP contribution is 2.10. The molecule has 0 spiro atoms. The zero-order chi connectivity index (χ0) is 23.9. The minimum atomic E-state index is -0.609. The van der Waals surface area contributed by atoms with Crippen LogP contribution in [0, 0.1) is 0 Å². The van der Waals surface area contributed by atoms with E-state index in [-0.39, 0.29) is 35.3 Å². The number of hydrazine groups is 1. The van der Waals surface area contributed by atoms with Gasteiger partial charge in [-0.1, -0.05) is 12.2 Å². The average molecular weight is 553 g/mol. The second-order valence-electron chi connectivity index (χ2n) is 5.15. The molecule has 0 bridgehead atoms. The number of amidine groups is 1. The Morgan fingerprint density at radius 2 is 1.74 bits per heavy atom. The second kappa shape index (κ2) is 18.5. The first-order valence-electron chi connectivity index (χ1n) is 8.89. The number of ether oxygens (including phenoxy) is 2. The van der Waals surface area contributed by atoms with Crippen LogP contribution < -0.4 is 23.2 Å². The number of carbonyl (C=O) groups excluding carboxylic acids is 3. The van der Waals surface area contributed by atoms with E-state index in [1.807, 2.05) is 10.8 Å². The highest BCUT2D eigenvalue weighted by molar-refractivity contribution is 7.81. The summed E-state index contributed by atoms with van der Waals surface area (Å²) in [5.74, 6) is 3.55. The van der Waals surface area contributed by atoms with Crippen molar-refractivity contribution in [1.82, 2.24) is 21.5 Å². The van der Waals surface area contributed by atoms with Gasteiger partial charge >= 0.3 is 11.9 Å². The molecule has 34 heavy (non-hydrogen) atoms. The van der Waals surface area contributed by atoms with E-state index in [2.05, 4.69) is 36.9 Å². The molecule has 0 aliphatic carbocycles. The van der Waals surface area contributed by atoms with Crippen molar-refractivity contribution in [2.24, 2.45) is 21.6 Å². The molecule has 17 heteroatoms. The fraction of sp³-hybridized carbons (Fsp3) is 0.294. The van der Waals surface area contributed by atoms with Gasteiger partial charge in [-0.15, -0.1) is 35.1 Å². The normalized spacial score (nSPS) is 10.8. The van der Waals surface area contributed by atoms with Gasteiger partial charge in [0.05, 0.1) is 19.8 Å². The standard InChI is InChI=1S/C9H9N3O2S.C4H5N3OS.C4H7NO2S.ClH.H3N/c1-2-14-9(13)7-11-5-6(12-7)8-10-3-4-15-8;5-7-3(8)4-6-1-2-9-4;1-2-7-4(6)3(5)8;;/h3-4H,2,5H2,1H3;1-2H,5H2,(H,7,8);2H2,1H3,(H2,5,8);1H;1H3. The molecule has 0 saturated heterocycles. The third-order valence-electron chi connectivity index (χ3n) is 2.99. The molecular formula is C17H25ClN8O5S3. The van der Waals surface area contributed by atoms with Crippen molar-refractivity contribution in [3.63, 3.8) is 0 Å². The molecule has 8 N–H and O–H groups in total. The Kier molecular flexibility index (Phi) is 18.1. The van der Waals surface area contributed by atoms with Crippen LogP contribution in [0.2, 0.25) is 0 Å². The minimum absolute atomic E-state index is 0. The first-order chi connectivity index (χ1) is 15.3. The van der Waals surface area contributed by atoms with Gasteiger partial charge in [-0.25, -0.2) is 30.4 Å². The van der Waals surface area contributed by atoms with Crippen LogP contribution in [0.3, 0.4) is 0 Å². The predicted molar refractivity (Wildman–Crippen MR) is 137 cm³/mol. The van der Waals surface area contributed by atoms with E-state index in [0.717, 1.165) is 10.7 Å². The van der Waals surface area contributed by atoms with Crippen LogP contribution in [-0.4, -0.2) is 64.1 Å². The van der Waals surface area contributed by atoms with Crippen LogP contribution in [0.4, 0.5) is 0 Å². The Labute approximate surface area is 215 Å². The van der Waals surface area contributed by atoms with E-state index in [4.69, 9.17) is 16.3 Å². The zero-order valence-corrected chi connectivity index (χ0v) is 21.5. The molecule has 13 nitrogen and oxygen atoms in total. The molecule has 0 atom stereocenters. The Bertz CT molecular complexity index is 968. The Morgan fingerprint density at radius 3 is 2.18 bits per heavy atom. The summed E-state index contributed by atoms with van der Waals surface area (Å²) in [4.78, 5) is 47.8. The van der Waals surface area contributed by atoms with Crippen molar-refractivity contribution in [3.05, 3.63) is 33.2 Å². The molecule has 0 fully saturated rings. The van der Waals surface area contributed by atoms with Crippen molar-refractivity contribution in [1.29, 1.82) is 0 Å². The number of carbonyl (C=O) groups is 3.